The average molecular weight is 339 g/mol. The summed E-state index contributed by atoms with van der Waals surface area (Å²) in [7, 11) is 0. The van der Waals surface area contributed by atoms with Crippen molar-refractivity contribution in [3.05, 3.63) is 63.6 Å². The van der Waals surface area contributed by atoms with Crippen molar-refractivity contribution in [1.82, 2.24) is 5.32 Å². The molecule has 2 aromatic rings. The molecule has 2 N–H and O–H groups in total. The van der Waals surface area contributed by atoms with E-state index in [1.54, 1.807) is 36.4 Å². The second-order valence-corrected chi connectivity index (χ2v) is 5.60. The summed E-state index contributed by atoms with van der Waals surface area (Å²) in [6.07, 6.45) is 0. The number of anilines is 1. The normalized spacial score (nSPS) is 10.0. The number of amides is 1. The van der Waals surface area contributed by atoms with Crippen LogP contribution in [0.4, 0.5) is 5.69 Å². The Kier molecular flexibility index (Phi) is 5.17. The van der Waals surface area contributed by atoms with Crippen LogP contribution in [0.15, 0.2) is 42.5 Å². The highest BCUT2D eigenvalue weighted by molar-refractivity contribution is 7.80. The summed E-state index contributed by atoms with van der Waals surface area (Å²) in [4.78, 5) is 12.0. The highest BCUT2D eigenvalue weighted by Crippen LogP contribution is 2.31. The molecule has 0 aliphatic heterocycles. The number of nitrogens with one attached hydrogen (secondary N) is 2. The summed E-state index contributed by atoms with van der Waals surface area (Å²) in [6, 6.07) is 12.3. The second kappa shape index (κ2) is 6.89. The number of halogens is 2. The van der Waals surface area contributed by atoms with Crippen LogP contribution in [0.5, 0.6) is 0 Å². The third-order valence-corrected chi connectivity index (χ3v) is 3.49. The van der Waals surface area contributed by atoms with Crippen LogP contribution in [0.1, 0.15) is 15.9 Å². The molecule has 0 atom stereocenters. The van der Waals surface area contributed by atoms with E-state index in [0.717, 1.165) is 5.56 Å². The number of aryl methyl sites for hydroxylation is 1. The zero-order valence-corrected chi connectivity index (χ0v) is 13.4. The lowest BCUT2D eigenvalue weighted by Crippen LogP contribution is -2.34. The Labute approximate surface area is 138 Å². The van der Waals surface area contributed by atoms with Gasteiger partial charge in [0.1, 0.15) is 0 Å². The van der Waals surface area contributed by atoms with E-state index in [9.17, 15) is 4.79 Å². The van der Waals surface area contributed by atoms with Gasteiger partial charge in [0, 0.05) is 5.56 Å². The molecule has 0 radical (unpaired) electrons. The average Bonchev–Trinajstić information content (AvgIpc) is 2.43. The molecule has 21 heavy (non-hydrogen) atoms. The summed E-state index contributed by atoms with van der Waals surface area (Å²) in [5.41, 5.74) is 1.93. The van der Waals surface area contributed by atoms with E-state index in [0.29, 0.717) is 21.3 Å². The van der Waals surface area contributed by atoms with Crippen LogP contribution >= 0.6 is 35.4 Å². The molecule has 108 valence electrons. The fraction of sp³-hybridized carbons (Fsp3) is 0.0667. The molecule has 3 nitrogen and oxygen atoms in total. The first-order valence-corrected chi connectivity index (χ1v) is 7.27. The van der Waals surface area contributed by atoms with Gasteiger partial charge in [-0.15, -0.1) is 0 Å². The number of carbonyl (C=O) groups excluding carboxylic acids is 1. The van der Waals surface area contributed by atoms with Crippen LogP contribution in [0, 0.1) is 6.92 Å². The first kappa shape index (κ1) is 15.8. The summed E-state index contributed by atoms with van der Waals surface area (Å²) < 4.78 is 0. The number of benzene rings is 2. The van der Waals surface area contributed by atoms with E-state index >= 15 is 0 Å². The number of hydrogen-bond acceptors (Lipinski definition) is 2. The summed E-state index contributed by atoms with van der Waals surface area (Å²) in [5, 5.41) is 6.44. The number of carbonyl (C=O) groups is 1. The Bertz CT molecular complexity index is 666. The predicted molar refractivity (Wildman–Crippen MR) is 91.3 cm³/mol. The van der Waals surface area contributed by atoms with Crippen molar-refractivity contribution in [3.63, 3.8) is 0 Å². The van der Waals surface area contributed by atoms with Crippen LogP contribution < -0.4 is 10.6 Å². The minimum absolute atomic E-state index is 0.136. The molecule has 0 saturated heterocycles. The topological polar surface area (TPSA) is 41.1 Å². The fourth-order valence-corrected chi connectivity index (χ4v) is 2.61. The molecule has 0 unspecified atom stereocenters. The van der Waals surface area contributed by atoms with Crippen molar-refractivity contribution in [2.75, 3.05) is 5.32 Å². The van der Waals surface area contributed by atoms with Crippen molar-refractivity contribution in [1.29, 1.82) is 0 Å². The molecule has 0 heterocycles. The van der Waals surface area contributed by atoms with Gasteiger partial charge in [0.25, 0.3) is 5.91 Å². The highest BCUT2D eigenvalue weighted by atomic mass is 35.5. The first-order valence-electron chi connectivity index (χ1n) is 6.10. The molecule has 2 aromatic carbocycles. The molecular weight excluding hydrogens is 327 g/mol. The third kappa shape index (κ3) is 4.17. The van der Waals surface area contributed by atoms with Gasteiger partial charge in [-0.05, 0) is 49.0 Å². The number of rotatable bonds is 2. The van der Waals surface area contributed by atoms with Crippen molar-refractivity contribution < 1.29 is 4.79 Å². The zero-order chi connectivity index (χ0) is 15.4. The predicted octanol–water partition coefficient (Wildman–Crippen LogP) is 4.43. The van der Waals surface area contributed by atoms with Gasteiger partial charge < -0.3 is 5.32 Å². The Balaban J connectivity index is 2.08. The van der Waals surface area contributed by atoms with Crippen molar-refractivity contribution in [2.24, 2.45) is 0 Å². The second-order valence-electron chi connectivity index (χ2n) is 4.38. The maximum Gasteiger partial charge on any atom is 0.257 e. The molecule has 0 aliphatic rings. The van der Waals surface area contributed by atoms with Crippen LogP contribution in [-0.2, 0) is 0 Å². The highest BCUT2D eigenvalue weighted by Gasteiger charge is 2.11. The van der Waals surface area contributed by atoms with Gasteiger partial charge in [-0.2, -0.15) is 0 Å². The molecule has 0 spiro atoms. The number of hydrogen-bond donors (Lipinski definition) is 2. The van der Waals surface area contributed by atoms with Gasteiger partial charge in [0.05, 0.1) is 15.7 Å². The van der Waals surface area contributed by atoms with E-state index in [2.05, 4.69) is 10.6 Å². The van der Waals surface area contributed by atoms with Crippen LogP contribution in [0.25, 0.3) is 0 Å². The molecular formula is C15H12Cl2N2OS. The van der Waals surface area contributed by atoms with Crippen LogP contribution in [0.3, 0.4) is 0 Å². The Hall–Kier alpha value is -1.62. The zero-order valence-electron chi connectivity index (χ0n) is 11.1. The van der Waals surface area contributed by atoms with Crippen molar-refractivity contribution in [2.45, 2.75) is 6.92 Å². The van der Waals surface area contributed by atoms with E-state index in [-0.39, 0.29) is 11.0 Å². The van der Waals surface area contributed by atoms with Gasteiger partial charge in [-0.3, -0.25) is 10.1 Å². The van der Waals surface area contributed by atoms with Gasteiger partial charge >= 0.3 is 0 Å². The molecule has 0 aliphatic carbocycles. The fourth-order valence-electron chi connectivity index (χ4n) is 1.73. The smallest absolute Gasteiger partial charge is 0.257 e. The molecule has 1 amide bonds. The van der Waals surface area contributed by atoms with Gasteiger partial charge in [-0.25, -0.2) is 0 Å². The minimum atomic E-state index is -0.299. The Morgan fingerprint density at radius 1 is 1.10 bits per heavy atom. The van der Waals surface area contributed by atoms with E-state index < -0.39 is 0 Å². The SMILES string of the molecule is Cc1cc(Cl)c(NC(=S)NC(=O)c2ccccc2)c(Cl)c1. The quantitative estimate of drug-likeness (QED) is 0.796. The standard InChI is InChI=1S/C15H12Cl2N2OS/c1-9-7-11(16)13(12(17)8-9)18-15(21)19-14(20)10-5-3-2-4-6-10/h2-8H,1H3,(H2,18,19,20,21). The van der Waals surface area contributed by atoms with E-state index in [4.69, 9.17) is 35.4 Å². The monoisotopic (exact) mass is 338 g/mol. The molecule has 0 fully saturated rings. The Morgan fingerprint density at radius 3 is 2.24 bits per heavy atom. The minimum Gasteiger partial charge on any atom is -0.330 e. The number of thiocarbonyl (C=S) groups is 1. The largest absolute Gasteiger partial charge is 0.330 e. The van der Waals surface area contributed by atoms with Crippen molar-refractivity contribution in [3.8, 4) is 0 Å². The van der Waals surface area contributed by atoms with Gasteiger partial charge in [0.2, 0.25) is 0 Å². The Morgan fingerprint density at radius 2 is 1.67 bits per heavy atom. The van der Waals surface area contributed by atoms with E-state index in [1.807, 2.05) is 13.0 Å². The maximum atomic E-state index is 12.0. The van der Waals surface area contributed by atoms with Gasteiger partial charge in [0.15, 0.2) is 5.11 Å². The molecule has 6 heteroatoms. The van der Waals surface area contributed by atoms with E-state index in [1.165, 1.54) is 0 Å². The maximum absolute atomic E-state index is 12.0. The van der Waals surface area contributed by atoms with Crippen molar-refractivity contribution >= 4 is 52.1 Å². The lowest BCUT2D eigenvalue weighted by molar-refractivity contribution is 0.0978. The first-order chi connectivity index (χ1) is 9.97. The molecule has 0 saturated carbocycles. The summed E-state index contributed by atoms with van der Waals surface area (Å²) in [6.45, 7) is 1.89. The van der Waals surface area contributed by atoms with Crippen LogP contribution in [0.2, 0.25) is 10.0 Å². The molecule has 2 rings (SSSR count). The lowest BCUT2D eigenvalue weighted by Gasteiger charge is -2.13. The van der Waals surface area contributed by atoms with Crippen LogP contribution in [-0.4, -0.2) is 11.0 Å². The molecule has 0 bridgehead atoms. The summed E-state index contributed by atoms with van der Waals surface area (Å²) in [5.74, 6) is -0.299. The summed E-state index contributed by atoms with van der Waals surface area (Å²) >= 11 is 17.3. The third-order valence-electron chi connectivity index (χ3n) is 2.69. The lowest BCUT2D eigenvalue weighted by atomic mass is 10.2. The molecule has 0 aromatic heterocycles. The van der Waals surface area contributed by atoms with Gasteiger partial charge in [-0.1, -0.05) is 41.4 Å².